The van der Waals surface area contributed by atoms with Crippen molar-refractivity contribution in [2.24, 2.45) is 5.92 Å². The second-order valence-electron chi connectivity index (χ2n) is 8.16. The molecule has 1 N–H and O–H groups in total. The van der Waals surface area contributed by atoms with Gasteiger partial charge in [0.25, 0.3) is 15.9 Å². The van der Waals surface area contributed by atoms with Crippen LogP contribution in [0.4, 0.5) is 4.79 Å². The first-order chi connectivity index (χ1) is 14.3. The summed E-state index contributed by atoms with van der Waals surface area (Å²) in [6, 6.07) is 2.74. The van der Waals surface area contributed by atoms with Crippen LogP contribution in [0.2, 0.25) is 0 Å². The number of nitrogens with one attached hydrogen (secondary N) is 1. The Kier molecular flexibility index (Phi) is 5.62. The normalized spacial score (nSPS) is 28.2. The van der Waals surface area contributed by atoms with Gasteiger partial charge in [0.2, 0.25) is 5.91 Å². The van der Waals surface area contributed by atoms with E-state index in [1.165, 1.54) is 9.21 Å². The topological polar surface area (TPSA) is 107 Å². The minimum absolute atomic E-state index is 0.0359. The van der Waals surface area contributed by atoms with Crippen molar-refractivity contribution in [3.05, 3.63) is 17.5 Å². The van der Waals surface area contributed by atoms with Gasteiger partial charge in [-0.2, -0.15) is 4.31 Å². The fourth-order valence-electron chi connectivity index (χ4n) is 4.59. The van der Waals surface area contributed by atoms with E-state index in [0.29, 0.717) is 6.42 Å². The largest absolute Gasteiger partial charge is 0.338 e. The number of imide groups is 1. The van der Waals surface area contributed by atoms with Gasteiger partial charge in [0, 0.05) is 26.2 Å². The van der Waals surface area contributed by atoms with Crippen LogP contribution in [0, 0.1) is 5.92 Å². The lowest BCUT2D eigenvalue weighted by atomic mass is 9.73. The van der Waals surface area contributed by atoms with Crippen molar-refractivity contribution in [3.8, 4) is 0 Å². The molecule has 2 aliphatic heterocycles. The summed E-state index contributed by atoms with van der Waals surface area (Å²) >= 11 is 1.16. The van der Waals surface area contributed by atoms with E-state index in [9.17, 15) is 22.8 Å². The van der Waals surface area contributed by atoms with Crippen LogP contribution in [-0.4, -0.2) is 78.6 Å². The SMILES string of the molecule is C[C@H]1CCCC[C@@]12NC(=O)N(CC(=O)N1CCN(S(=O)(=O)c3cccs3)CC1)C2=O. The summed E-state index contributed by atoms with van der Waals surface area (Å²) < 4.78 is 26.9. The Balaban J connectivity index is 1.37. The van der Waals surface area contributed by atoms with Gasteiger partial charge >= 0.3 is 6.03 Å². The molecule has 0 radical (unpaired) electrons. The van der Waals surface area contributed by atoms with Crippen molar-refractivity contribution in [1.82, 2.24) is 19.4 Å². The zero-order chi connectivity index (χ0) is 21.5. The average Bonchev–Trinajstić information content (AvgIpc) is 3.35. The van der Waals surface area contributed by atoms with Crippen LogP contribution < -0.4 is 5.32 Å². The molecule has 0 bridgehead atoms. The molecule has 4 rings (SSSR count). The summed E-state index contributed by atoms with van der Waals surface area (Å²) in [6.45, 7) is 2.50. The highest BCUT2D eigenvalue weighted by atomic mass is 32.2. The molecule has 1 spiro atoms. The van der Waals surface area contributed by atoms with E-state index in [1.807, 2.05) is 6.92 Å². The molecular formula is C19H26N4O5S2. The minimum Gasteiger partial charge on any atom is -0.338 e. The maximum atomic E-state index is 13.0. The van der Waals surface area contributed by atoms with Gasteiger partial charge in [0.1, 0.15) is 16.3 Å². The minimum atomic E-state index is -3.55. The van der Waals surface area contributed by atoms with E-state index in [4.69, 9.17) is 0 Å². The molecule has 2 atom stereocenters. The number of nitrogens with zero attached hydrogens (tertiary/aromatic N) is 3. The highest BCUT2D eigenvalue weighted by molar-refractivity contribution is 7.91. The number of amides is 4. The Morgan fingerprint density at radius 3 is 2.60 bits per heavy atom. The van der Waals surface area contributed by atoms with E-state index in [1.54, 1.807) is 17.5 Å². The van der Waals surface area contributed by atoms with Crippen molar-refractivity contribution in [2.75, 3.05) is 32.7 Å². The van der Waals surface area contributed by atoms with E-state index in [0.717, 1.165) is 35.5 Å². The lowest BCUT2D eigenvalue weighted by molar-refractivity contribution is -0.141. The summed E-state index contributed by atoms with van der Waals surface area (Å²) in [7, 11) is -3.55. The predicted molar refractivity (Wildman–Crippen MR) is 110 cm³/mol. The quantitative estimate of drug-likeness (QED) is 0.685. The van der Waals surface area contributed by atoms with Gasteiger partial charge in [-0.1, -0.05) is 25.8 Å². The smallest absolute Gasteiger partial charge is 0.325 e. The summed E-state index contributed by atoms with van der Waals surface area (Å²) in [5, 5.41) is 4.56. The van der Waals surface area contributed by atoms with Crippen molar-refractivity contribution in [1.29, 1.82) is 0 Å². The highest BCUT2D eigenvalue weighted by Gasteiger charge is 2.55. The van der Waals surface area contributed by atoms with Crippen molar-refractivity contribution >= 4 is 39.2 Å². The molecule has 3 fully saturated rings. The van der Waals surface area contributed by atoms with Crippen molar-refractivity contribution in [2.45, 2.75) is 42.4 Å². The molecule has 1 aromatic heterocycles. The molecule has 4 amide bonds. The maximum Gasteiger partial charge on any atom is 0.325 e. The zero-order valence-electron chi connectivity index (χ0n) is 16.9. The Morgan fingerprint density at radius 1 is 1.23 bits per heavy atom. The molecule has 11 heteroatoms. The van der Waals surface area contributed by atoms with Crippen LogP contribution in [0.15, 0.2) is 21.7 Å². The number of sulfonamides is 1. The van der Waals surface area contributed by atoms with Gasteiger partial charge in [-0.05, 0) is 30.2 Å². The number of rotatable bonds is 4. The third-order valence-electron chi connectivity index (χ3n) is 6.48. The first-order valence-corrected chi connectivity index (χ1v) is 12.5. The molecule has 3 heterocycles. The molecular weight excluding hydrogens is 428 g/mol. The molecule has 2 saturated heterocycles. The third-order valence-corrected chi connectivity index (χ3v) is 9.75. The van der Waals surface area contributed by atoms with Crippen molar-refractivity contribution < 1.29 is 22.8 Å². The van der Waals surface area contributed by atoms with E-state index >= 15 is 0 Å². The molecule has 9 nitrogen and oxygen atoms in total. The Labute approximate surface area is 180 Å². The molecule has 0 aromatic carbocycles. The molecule has 164 valence electrons. The summed E-state index contributed by atoms with van der Waals surface area (Å²) in [5.74, 6) is -0.618. The second-order valence-corrected chi connectivity index (χ2v) is 11.3. The molecule has 1 aromatic rings. The van der Waals surface area contributed by atoms with Crippen molar-refractivity contribution in [3.63, 3.8) is 0 Å². The molecule has 1 saturated carbocycles. The number of hydrogen-bond acceptors (Lipinski definition) is 6. The van der Waals surface area contributed by atoms with E-state index < -0.39 is 21.6 Å². The van der Waals surface area contributed by atoms with Gasteiger partial charge in [-0.25, -0.2) is 13.2 Å². The number of carbonyl (C=O) groups is 3. The fourth-order valence-corrected chi connectivity index (χ4v) is 7.16. The lowest BCUT2D eigenvalue weighted by Gasteiger charge is -2.37. The Morgan fingerprint density at radius 2 is 1.97 bits per heavy atom. The van der Waals surface area contributed by atoms with Gasteiger partial charge in [-0.3, -0.25) is 14.5 Å². The Bertz CT molecular complexity index is 940. The number of carbonyl (C=O) groups excluding carboxylic acids is 3. The maximum absolute atomic E-state index is 13.0. The molecule has 0 unspecified atom stereocenters. The summed E-state index contributed by atoms with van der Waals surface area (Å²) in [4.78, 5) is 40.8. The Hall–Kier alpha value is -1.98. The fraction of sp³-hybridized carbons (Fsp3) is 0.632. The van der Waals surface area contributed by atoms with Gasteiger partial charge < -0.3 is 10.2 Å². The van der Waals surface area contributed by atoms with Crippen LogP contribution in [-0.2, 0) is 19.6 Å². The highest BCUT2D eigenvalue weighted by Crippen LogP contribution is 2.38. The van der Waals surface area contributed by atoms with Crippen LogP contribution in [0.5, 0.6) is 0 Å². The molecule has 30 heavy (non-hydrogen) atoms. The summed E-state index contributed by atoms with van der Waals surface area (Å²) in [5.41, 5.74) is -0.886. The van der Waals surface area contributed by atoms with Crippen LogP contribution in [0.25, 0.3) is 0 Å². The monoisotopic (exact) mass is 454 g/mol. The summed E-state index contributed by atoms with van der Waals surface area (Å²) in [6.07, 6.45) is 3.37. The lowest BCUT2D eigenvalue weighted by Crippen LogP contribution is -2.55. The van der Waals surface area contributed by atoms with Gasteiger partial charge in [-0.15, -0.1) is 11.3 Å². The van der Waals surface area contributed by atoms with Crippen LogP contribution in [0.1, 0.15) is 32.6 Å². The predicted octanol–water partition coefficient (Wildman–Crippen LogP) is 1.08. The third kappa shape index (κ3) is 3.52. The zero-order valence-corrected chi connectivity index (χ0v) is 18.5. The number of piperazine rings is 1. The average molecular weight is 455 g/mol. The van der Waals surface area contributed by atoms with E-state index in [-0.39, 0.29) is 54.7 Å². The molecule has 3 aliphatic rings. The number of hydrogen-bond donors (Lipinski definition) is 1. The number of urea groups is 1. The van der Waals surface area contributed by atoms with Crippen LogP contribution in [0.3, 0.4) is 0 Å². The van der Waals surface area contributed by atoms with Crippen LogP contribution >= 0.6 is 11.3 Å². The first-order valence-electron chi connectivity index (χ1n) is 10.2. The second kappa shape index (κ2) is 7.93. The van der Waals surface area contributed by atoms with Gasteiger partial charge in [0.05, 0.1) is 0 Å². The first kappa shape index (κ1) is 21.3. The molecule has 1 aliphatic carbocycles. The standard InChI is InChI=1S/C19H26N4O5S2/c1-14-5-2-3-7-19(14)17(25)23(18(26)20-19)13-15(24)21-8-10-22(11-9-21)30(27,28)16-6-4-12-29-16/h4,6,12,14H,2-3,5,7-11,13H2,1H3,(H,20,26)/t14-,19+/m0/s1. The number of thiophene rings is 1. The van der Waals surface area contributed by atoms with E-state index in [2.05, 4.69) is 5.32 Å². The van der Waals surface area contributed by atoms with Gasteiger partial charge in [0.15, 0.2) is 0 Å².